The van der Waals surface area contributed by atoms with Crippen molar-refractivity contribution in [1.29, 1.82) is 0 Å². The van der Waals surface area contributed by atoms with Gasteiger partial charge in [-0.2, -0.15) is 0 Å². The molecule has 0 aromatic heterocycles. The molecule has 0 saturated carbocycles. The molecule has 42 heavy (non-hydrogen) atoms. The Balaban J connectivity index is 0.000000230. The molecule has 1 fully saturated rings. The first-order valence-electron chi connectivity index (χ1n) is 13.7. The van der Waals surface area contributed by atoms with Gasteiger partial charge in [0.2, 0.25) is 0 Å². The highest BCUT2D eigenvalue weighted by Gasteiger charge is 2.37. The zero-order chi connectivity index (χ0) is 31.5. The van der Waals surface area contributed by atoms with E-state index >= 15 is 0 Å². The maximum atomic E-state index is 11.0. The molecular weight excluding hydrogens is 682 g/mol. The summed E-state index contributed by atoms with van der Waals surface area (Å²) in [5.41, 5.74) is 3.27. The van der Waals surface area contributed by atoms with Crippen molar-refractivity contribution in [1.82, 2.24) is 5.32 Å². The van der Waals surface area contributed by atoms with E-state index in [4.69, 9.17) is 19.7 Å². The van der Waals surface area contributed by atoms with Gasteiger partial charge < -0.3 is 25.1 Å². The molecule has 0 radical (unpaired) electrons. The van der Waals surface area contributed by atoms with E-state index in [0.717, 1.165) is 33.1 Å². The van der Waals surface area contributed by atoms with Crippen LogP contribution in [0, 0.1) is 0 Å². The van der Waals surface area contributed by atoms with Crippen LogP contribution in [0.4, 0.5) is 0 Å². The normalized spacial score (nSPS) is 16.5. The number of halogens is 2. The topological polar surface area (TPSA) is 116 Å². The van der Waals surface area contributed by atoms with Crippen molar-refractivity contribution >= 4 is 52.1 Å². The Morgan fingerprint density at radius 3 is 1.81 bits per heavy atom. The largest absolute Gasteiger partial charge is 0.480 e. The van der Waals surface area contributed by atoms with Gasteiger partial charge in [-0.05, 0) is 84.2 Å². The summed E-state index contributed by atoms with van der Waals surface area (Å²) >= 11 is 6.73. The lowest BCUT2D eigenvalue weighted by Gasteiger charge is -2.36. The number of aliphatic carboxylic acids is 1. The van der Waals surface area contributed by atoms with Gasteiger partial charge in [-0.1, -0.05) is 89.0 Å². The van der Waals surface area contributed by atoms with Crippen LogP contribution in [0.3, 0.4) is 0 Å². The molecule has 228 valence electrons. The fraction of sp³-hybridized carbons (Fsp3) is 0.375. The molecule has 0 amide bonds. The predicted molar refractivity (Wildman–Crippen MR) is 176 cm³/mol. The van der Waals surface area contributed by atoms with E-state index < -0.39 is 26.3 Å². The minimum absolute atomic E-state index is 0.0876. The lowest BCUT2D eigenvalue weighted by Crippen LogP contribution is -2.40. The Bertz CT molecular complexity index is 1280. The highest BCUT2D eigenvalue weighted by Crippen LogP contribution is 2.37. The Morgan fingerprint density at radius 1 is 0.881 bits per heavy atom. The number of aliphatic hydroxyl groups excluding tert-OH is 1. The van der Waals surface area contributed by atoms with Gasteiger partial charge in [0.05, 0.1) is 18.8 Å². The van der Waals surface area contributed by atoms with Crippen LogP contribution in [-0.2, 0) is 22.4 Å². The van der Waals surface area contributed by atoms with Crippen molar-refractivity contribution in [2.24, 2.45) is 0 Å². The second kappa shape index (κ2) is 16.5. The molecule has 3 aromatic carbocycles. The average Bonchev–Trinajstić information content (AvgIpc) is 3.44. The number of aliphatic hydroxyl groups is 1. The number of aromatic carboxylic acids is 1. The molecule has 1 aliphatic rings. The summed E-state index contributed by atoms with van der Waals surface area (Å²) in [5, 5.41) is 29.6. The number of carboxylic acids is 2. The fourth-order valence-electron chi connectivity index (χ4n) is 3.85. The van der Waals surface area contributed by atoms with Crippen LogP contribution >= 0.6 is 31.9 Å². The van der Waals surface area contributed by atoms with E-state index in [2.05, 4.69) is 95.3 Å². The van der Waals surface area contributed by atoms with E-state index in [1.54, 1.807) is 12.1 Å². The zero-order valence-electron chi connectivity index (χ0n) is 24.7. The molecular formula is C32H41Br2NO6Si. The second-order valence-corrected chi connectivity index (χ2v) is 18.2. The fourth-order valence-corrected chi connectivity index (χ4v) is 5.33. The van der Waals surface area contributed by atoms with Crippen LogP contribution in [0.15, 0.2) is 81.7 Å². The minimum atomic E-state index is -1.61. The Hall–Kier alpha value is -2.34. The van der Waals surface area contributed by atoms with Crippen LogP contribution in [0.2, 0.25) is 18.1 Å². The summed E-state index contributed by atoms with van der Waals surface area (Å²) in [4.78, 5) is 21.7. The van der Waals surface area contributed by atoms with Crippen molar-refractivity contribution in [3.8, 4) is 0 Å². The lowest BCUT2D eigenvalue weighted by molar-refractivity contribution is -0.139. The minimum Gasteiger partial charge on any atom is -0.480 e. The summed E-state index contributed by atoms with van der Waals surface area (Å²) in [6.07, 6.45) is 0.753. The molecule has 1 heterocycles. The van der Waals surface area contributed by atoms with Gasteiger partial charge in [0.25, 0.3) is 0 Å². The number of carboxylic acid groups (broad SMARTS) is 2. The maximum Gasteiger partial charge on any atom is 0.335 e. The van der Waals surface area contributed by atoms with Gasteiger partial charge in [0.15, 0.2) is 8.32 Å². The third-order valence-electron chi connectivity index (χ3n) is 7.49. The van der Waals surface area contributed by atoms with Crippen LogP contribution in [0.5, 0.6) is 0 Å². The van der Waals surface area contributed by atoms with Crippen molar-refractivity contribution in [3.05, 3.63) is 104 Å². The molecule has 4 N–H and O–H groups in total. The molecule has 0 bridgehead atoms. The highest BCUT2D eigenvalue weighted by molar-refractivity contribution is 9.10. The number of benzene rings is 3. The molecule has 4 rings (SSSR count). The first-order chi connectivity index (χ1) is 19.6. The summed E-state index contributed by atoms with van der Waals surface area (Å²) in [6.45, 7) is 12.9. The molecule has 1 aliphatic heterocycles. The van der Waals surface area contributed by atoms with Gasteiger partial charge in [0.1, 0.15) is 6.04 Å². The quantitative estimate of drug-likeness (QED) is 0.184. The SMILES string of the molecule is CC(C)(C)[Si](C)(C)OCc1ccc(Br)cc1.O=C(O)c1ccc([C@H]2CCN[C@@H]2C(=O)O)cc1.OCc1ccc(Br)cc1. The molecule has 7 nitrogen and oxygen atoms in total. The predicted octanol–water partition coefficient (Wildman–Crippen LogP) is 7.83. The van der Waals surface area contributed by atoms with Crippen LogP contribution < -0.4 is 5.32 Å². The summed E-state index contributed by atoms with van der Waals surface area (Å²) in [6, 6.07) is 21.7. The number of hydrogen-bond acceptors (Lipinski definition) is 5. The number of nitrogens with one attached hydrogen (secondary N) is 1. The highest BCUT2D eigenvalue weighted by atomic mass is 79.9. The van der Waals surface area contributed by atoms with Crippen LogP contribution in [-0.4, -0.2) is 48.2 Å². The van der Waals surface area contributed by atoms with Crippen molar-refractivity contribution in [2.45, 2.75) is 70.5 Å². The first kappa shape index (κ1) is 35.9. The third kappa shape index (κ3) is 11.4. The average molecular weight is 724 g/mol. The van der Waals surface area contributed by atoms with Gasteiger partial charge in [-0.25, -0.2) is 4.79 Å². The van der Waals surface area contributed by atoms with Crippen molar-refractivity contribution < 1.29 is 29.3 Å². The number of rotatable bonds is 7. The standard InChI is InChI=1S/C13H21BrOSi.C12H13NO4.C7H7BrO/c1-13(2,3)16(4,5)15-10-11-6-8-12(14)9-7-11;14-11(15)8-3-1-7(2-4-8)9-5-6-13-10(9)12(16)17;8-7-3-1-6(5-9)2-4-7/h6-9H,10H2,1-5H3;1-4,9-10,13H,5-6H2,(H,14,15)(H,16,17);1-4,9H,5H2/t;9-,10+;/m.1./s1. The van der Waals surface area contributed by atoms with Crippen molar-refractivity contribution in [3.63, 3.8) is 0 Å². The van der Waals surface area contributed by atoms with Gasteiger partial charge in [0, 0.05) is 14.9 Å². The molecule has 10 heteroatoms. The molecule has 1 saturated heterocycles. The number of carbonyl (C=O) groups is 2. The smallest absolute Gasteiger partial charge is 0.335 e. The Labute approximate surface area is 266 Å². The summed E-state index contributed by atoms with van der Waals surface area (Å²) < 4.78 is 8.30. The second-order valence-electron chi connectivity index (χ2n) is 11.6. The van der Waals surface area contributed by atoms with E-state index in [1.807, 2.05) is 24.3 Å². The van der Waals surface area contributed by atoms with Gasteiger partial charge in [-0.3, -0.25) is 4.79 Å². The molecule has 0 spiro atoms. The van der Waals surface area contributed by atoms with Gasteiger partial charge >= 0.3 is 11.9 Å². The third-order valence-corrected chi connectivity index (χ3v) is 13.0. The number of hydrogen-bond donors (Lipinski definition) is 4. The lowest BCUT2D eigenvalue weighted by atomic mass is 9.91. The Morgan fingerprint density at radius 2 is 1.38 bits per heavy atom. The van der Waals surface area contributed by atoms with Crippen molar-refractivity contribution in [2.75, 3.05) is 6.54 Å². The van der Waals surface area contributed by atoms with E-state index in [-0.39, 0.29) is 23.1 Å². The van der Waals surface area contributed by atoms with Gasteiger partial charge in [-0.15, -0.1) is 0 Å². The maximum absolute atomic E-state index is 11.0. The Kier molecular flexibility index (Phi) is 14.1. The molecule has 0 aliphatic carbocycles. The summed E-state index contributed by atoms with van der Waals surface area (Å²) in [7, 11) is -1.61. The molecule has 0 unspecified atom stereocenters. The van der Waals surface area contributed by atoms with Crippen LogP contribution in [0.1, 0.15) is 60.2 Å². The first-order valence-corrected chi connectivity index (χ1v) is 18.2. The van der Waals surface area contributed by atoms with Crippen LogP contribution in [0.25, 0.3) is 0 Å². The molecule has 3 aromatic rings. The zero-order valence-corrected chi connectivity index (χ0v) is 28.9. The van der Waals surface area contributed by atoms with E-state index in [0.29, 0.717) is 6.54 Å². The summed E-state index contributed by atoms with van der Waals surface area (Å²) in [5.74, 6) is -1.93. The van der Waals surface area contributed by atoms with E-state index in [9.17, 15) is 9.59 Å². The monoisotopic (exact) mass is 721 g/mol. The van der Waals surface area contributed by atoms with E-state index in [1.165, 1.54) is 17.7 Å². The molecule has 2 atom stereocenters.